The number of benzene rings is 6. The van der Waals surface area contributed by atoms with E-state index in [1.165, 1.54) is 39.6 Å². The normalized spacial score (nSPS) is 11.6. The highest BCUT2D eigenvalue weighted by Gasteiger charge is 2.24. The fourth-order valence-corrected chi connectivity index (χ4v) is 11.0. The molecule has 0 bridgehead atoms. The standard InChI is InChI=1S/C22H22N4OS.2C19H15ClN4OS/c1-22(2,3)15-8-10-16(11-9-15)24-20(27)13-26-18-7-5-4-6-17(18)25-21(26)19-12-23-14-28-19;1-12-11-26-19(21-12)18-23-15-4-2-3-5-16(15)24(18)10-17(25)22-14-8-6-13(20)7-9-14;1-12(18(25)22-14-8-6-13(20)7-9-14)24-16-5-3-2-4-15(16)23-17(24)19-21-10-11-26-19/h4-12,14H,13H2,1-3H3,(H,24,27);2-9,11H,10H2,1H3,(H,22,25);2-12H,1H3,(H,22,25). The molecule has 15 nitrogen and oxygen atoms in total. The van der Waals surface area contributed by atoms with Gasteiger partial charge in [0.15, 0.2) is 27.5 Å². The van der Waals surface area contributed by atoms with Crippen LogP contribution in [0.15, 0.2) is 174 Å². The van der Waals surface area contributed by atoms with Gasteiger partial charge >= 0.3 is 0 Å². The van der Waals surface area contributed by atoms with Crippen molar-refractivity contribution in [3.8, 4) is 32.4 Å². The van der Waals surface area contributed by atoms with Crippen LogP contribution in [-0.4, -0.2) is 61.3 Å². The molecule has 0 aliphatic rings. The molecule has 3 amide bonds. The van der Waals surface area contributed by atoms with E-state index in [2.05, 4.69) is 68.8 Å². The van der Waals surface area contributed by atoms with Gasteiger partial charge < -0.3 is 29.7 Å². The highest BCUT2D eigenvalue weighted by Crippen LogP contribution is 2.32. The molecule has 12 rings (SSSR count). The van der Waals surface area contributed by atoms with Crippen molar-refractivity contribution in [2.24, 2.45) is 0 Å². The molecule has 80 heavy (non-hydrogen) atoms. The van der Waals surface area contributed by atoms with Gasteiger partial charge in [-0.3, -0.25) is 19.4 Å². The largest absolute Gasteiger partial charge is 0.325 e. The van der Waals surface area contributed by atoms with E-state index in [-0.39, 0.29) is 36.2 Å². The molecular weight excluding hydrogens is 1100 g/mol. The van der Waals surface area contributed by atoms with E-state index in [0.29, 0.717) is 33.1 Å². The molecular formula is C60H52Cl2N12O3S3. The highest BCUT2D eigenvalue weighted by molar-refractivity contribution is 7.13. The van der Waals surface area contributed by atoms with E-state index in [1.54, 1.807) is 66.4 Å². The van der Waals surface area contributed by atoms with Gasteiger partial charge in [0, 0.05) is 56.0 Å². The number of imidazole rings is 3. The van der Waals surface area contributed by atoms with E-state index in [4.69, 9.17) is 33.2 Å². The SMILES string of the molecule is CC(C(=O)Nc1ccc(Cl)cc1)n1c(-c2nccs2)nc2ccccc21.CC(C)(C)c1ccc(NC(=O)Cn2c(-c3cncs3)nc3ccccc32)cc1.Cc1csc(-c2nc3ccccc3n2CC(=O)Nc2ccc(Cl)cc2)n1. The van der Waals surface area contributed by atoms with Crippen molar-refractivity contribution in [1.29, 1.82) is 0 Å². The van der Waals surface area contributed by atoms with Crippen LogP contribution < -0.4 is 16.0 Å². The molecule has 0 fully saturated rings. The summed E-state index contributed by atoms with van der Waals surface area (Å²) >= 11 is 16.3. The molecule has 0 spiro atoms. The zero-order chi connectivity index (χ0) is 55.9. The van der Waals surface area contributed by atoms with Crippen molar-refractivity contribution in [2.75, 3.05) is 16.0 Å². The lowest BCUT2D eigenvalue weighted by atomic mass is 9.87. The number of fused-ring (bicyclic) bond motifs is 3. The fourth-order valence-electron chi connectivity index (χ4n) is 8.70. The lowest BCUT2D eigenvalue weighted by Crippen LogP contribution is -2.24. The predicted molar refractivity (Wildman–Crippen MR) is 326 cm³/mol. The fraction of sp³-hybridized carbons (Fsp3) is 0.150. The number of aromatic nitrogens is 9. The molecule has 0 radical (unpaired) electrons. The molecule has 1 atom stereocenters. The van der Waals surface area contributed by atoms with Gasteiger partial charge in [-0.2, -0.15) is 0 Å². The highest BCUT2D eigenvalue weighted by atomic mass is 35.5. The zero-order valence-electron chi connectivity index (χ0n) is 44.0. The number of hydrogen-bond acceptors (Lipinski definition) is 12. The summed E-state index contributed by atoms with van der Waals surface area (Å²) in [6, 6.07) is 45.1. The number of amides is 3. The lowest BCUT2D eigenvalue weighted by molar-refractivity contribution is -0.119. The average molecular weight is 1160 g/mol. The maximum Gasteiger partial charge on any atom is 0.247 e. The Balaban J connectivity index is 0.000000135. The Morgan fingerprint density at radius 3 is 1.59 bits per heavy atom. The van der Waals surface area contributed by atoms with Crippen molar-refractivity contribution >= 4 is 125 Å². The molecule has 3 N–H and O–H groups in total. The van der Waals surface area contributed by atoms with E-state index < -0.39 is 6.04 Å². The number of carbonyl (C=O) groups is 3. The van der Waals surface area contributed by atoms with Gasteiger partial charge in [-0.25, -0.2) is 24.9 Å². The van der Waals surface area contributed by atoms with Crippen LogP contribution in [-0.2, 0) is 32.9 Å². The maximum absolute atomic E-state index is 12.9. The molecule has 12 aromatic rings. The van der Waals surface area contributed by atoms with Crippen LogP contribution in [0.2, 0.25) is 10.0 Å². The van der Waals surface area contributed by atoms with Crippen LogP contribution in [0.5, 0.6) is 0 Å². The average Bonchev–Trinajstić information content (AvgIpc) is 4.41. The molecule has 0 aliphatic carbocycles. The molecule has 402 valence electrons. The summed E-state index contributed by atoms with van der Waals surface area (Å²) < 4.78 is 5.78. The minimum Gasteiger partial charge on any atom is -0.325 e. The van der Waals surface area contributed by atoms with Crippen LogP contribution in [0.4, 0.5) is 17.1 Å². The monoisotopic (exact) mass is 1150 g/mol. The molecule has 0 saturated heterocycles. The van der Waals surface area contributed by atoms with Gasteiger partial charge in [-0.05, 0) is 122 Å². The summed E-state index contributed by atoms with van der Waals surface area (Å²) in [6.07, 6.45) is 3.52. The van der Waals surface area contributed by atoms with Crippen LogP contribution in [0.1, 0.15) is 45.0 Å². The summed E-state index contributed by atoms with van der Waals surface area (Å²) in [4.78, 5) is 66.3. The van der Waals surface area contributed by atoms with Crippen molar-refractivity contribution in [3.63, 3.8) is 0 Å². The Morgan fingerprint density at radius 1 is 0.575 bits per heavy atom. The Labute approximate surface area is 483 Å². The predicted octanol–water partition coefficient (Wildman–Crippen LogP) is 14.9. The zero-order valence-corrected chi connectivity index (χ0v) is 47.9. The smallest absolute Gasteiger partial charge is 0.247 e. The number of anilines is 3. The van der Waals surface area contributed by atoms with Crippen LogP contribution in [0, 0.1) is 6.92 Å². The third-order valence-electron chi connectivity index (χ3n) is 12.6. The van der Waals surface area contributed by atoms with Gasteiger partial charge in [-0.15, -0.1) is 34.0 Å². The second kappa shape index (κ2) is 24.3. The van der Waals surface area contributed by atoms with Crippen molar-refractivity contribution in [1.82, 2.24) is 43.6 Å². The second-order valence-electron chi connectivity index (χ2n) is 19.4. The maximum atomic E-state index is 12.9. The van der Waals surface area contributed by atoms with Crippen molar-refractivity contribution < 1.29 is 14.4 Å². The summed E-state index contributed by atoms with van der Waals surface area (Å²) in [5, 5.41) is 15.5. The van der Waals surface area contributed by atoms with Gasteiger partial charge in [-0.1, -0.05) is 92.5 Å². The summed E-state index contributed by atoms with van der Waals surface area (Å²) in [5.74, 6) is 1.81. The van der Waals surface area contributed by atoms with Crippen molar-refractivity contribution in [2.45, 2.75) is 59.2 Å². The van der Waals surface area contributed by atoms with E-state index >= 15 is 0 Å². The number of thiazole rings is 3. The first-order valence-corrected chi connectivity index (χ1v) is 28.7. The molecule has 6 heterocycles. The molecule has 0 aliphatic heterocycles. The number of nitrogens with zero attached hydrogens (tertiary/aromatic N) is 9. The number of aryl methyl sites for hydroxylation is 1. The number of carbonyl (C=O) groups excluding carboxylic acids is 3. The van der Waals surface area contributed by atoms with Gasteiger partial charge in [0.1, 0.15) is 19.1 Å². The number of halogens is 2. The Morgan fingerprint density at radius 2 is 1.07 bits per heavy atom. The first-order valence-electron chi connectivity index (χ1n) is 25.3. The number of nitrogens with one attached hydrogen (secondary N) is 3. The third-order valence-corrected chi connectivity index (χ3v) is 15.6. The van der Waals surface area contributed by atoms with Crippen molar-refractivity contribution in [3.05, 3.63) is 196 Å². The van der Waals surface area contributed by atoms with Gasteiger partial charge in [0.25, 0.3) is 0 Å². The molecule has 1 unspecified atom stereocenters. The number of hydrogen-bond donors (Lipinski definition) is 3. The van der Waals surface area contributed by atoms with Gasteiger partial charge in [0.05, 0.1) is 43.5 Å². The Hall–Kier alpha value is -8.39. The molecule has 6 aromatic heterocycles. The van der Waals surface area contributed by atoms with Crippen LogP contribution in [0.3, 0.4) is 0 Å². The molecule has 20 heteroatoms. The quantitative estimate of drug-likeness (QED) is 0.107. The summed E-state index contributed by atoms with van der Waals surface area (Å²) in [6.45, 7) is 10.7. The minimum absolute atomic E-state index is 0.0852. The van der Waals surface area contributed by atoms with E-state index in [1.807, 2.05) is 123 Å². The topological polar surface area (TPSA) is 179 Å². The first-order chi connectivity index (χ1) is 38.6. The van der Waals surface area contributed by atoms with E-state index in [9.17, 15) is 14.4 Å². The Bertz CT molecular complexity index is 4090. The number of rotatable bonds is 12. The summed E-state index contributed by atoms with van der Waals surface area (Å²) in [7, 11) is 0. The lowest BCUT2D eigenvalue weighted by Gasteiger charge is -2.19. The van der Waals surface area contributed by atoms with E-state index in [0.717, 1.165) is 65.2 Å². The molecule has 0 saturated carbocycles. The van der Waals surface area contributed by atoms with Crippen LogP contribution >= 0.6 is 57.2 Å². The van der Waals surface area contributed by atoms with Crippen LogP contribution in [0.25, 0.3) is 65.5 Å². The molecule has 6 aromatic carbocycles. The van der Waals surface area contributed by atoms with Gasteiger partial charge in [0.2, 0.25) is 17.7 Å². The third kappa shape index (κ3) is 12.9. The summed E-state index contributed by atoms with van der Waals surface area (Å²) in [5.41, 5.74) is 11.5. The Kier molecular flexibility index (Phi) is 16.7. The first kappa shape index (κ1) is 54.9. The second-order valence-corrected chi connectivity index (χ2v) is 22.9. The minimum atomic E-state index is -0.461. The number of para-hydroxylation sites is 6.